The average molecular weight is 466 g/mol. The van der Waals surface area contributed by atoms with Gasteiger partial charge < -0.3 is 13.6 Å². The van der Waals surface area contributed by atoms with E-state index in [0.717, 1.165) is 28.1 Å². The van der Waals surface area contributed by atoms with Gasteiger partial charge in [0.05, 0.1) is 18.9 Å². The maximum absolute atomic E-state index is 14.5. The molecule has 0 bridgehead atoms. The normalized spacial score (nSPS) is 11.9. The van der Waals surface area contributed by atoms with E-state index in [-0.39, 0.29) is 19.0 Å². The Morgan fingerprint density at radius 1 is 0.848 bits per heavy atom. The van der Waals surface area contributed by atoms with E-state index in [9.17, 15) is 8.96 Å². The highest BCUT2D eigenvalue weighted by Crippen LogP contribution is 2.50. The number of rotatable bonds is 8. The first-order valence-corrected chi connectivity index (χ1v) is 12.8. The van der Waals surface area contributed by atoms with Crippen LogP contribution in [-0.2, 0) is 20.0 Å². The maximum Gasteiger partial charge on any atom is 0.378 e. The van der Waals surface area contributed by atoms with Crippen molar-refractivity contribution < 1.29 is 18.0 Å². The van der Waals surface area contributed by atoms with Crippen molar-refractivity contribution in [3.63, 3.8) is 0 Å². The number of halogens is 1. The second-order valence-corrected chi connectivity index (χ2v) is 9.97. The van der Waals surface area contributed by atoms with Crippen LogP contribution in [0.1, 0.15) is 36.2 Å². The lowest BCUT2D eigenvalue weighted by molar-refractivity contribution is 0.229. The molecule has 172 valence electrons. The second kappa shape index (κ2) is 9.64. The molecule has 0 radical (unpaired) electrons. The van der Waals surface area contributed by atoms with Crippen molar-refractivity contribution in [2.45, 2.75) is 34.1 Å². The average Bonchev–Trinajstić information content (AvgIpc) is 3.08. The Morgan fingerprint density at radius 2 is 1.48 bits per heavy atom. The van der Waals surface area contributed by atoms with Gasteiger partial charge in [-0.3, -0.25) is 4.57 Å². The zero-order valence-electron chi connectivity index (χ0n) is 19.5. The predicted molar refractivity (Wildman–Crippen MR) is 132 cm³/mol. The highest BCUT2D eigenvalue weighted by Gasteiger charge is 2.36. The van der Waals surface area contributed by atoms with Crippen molar-refractivity contribution in [3.8, 4) is 5.69 Å². The number of aryl methyl sites for hydroxylation is 2. The molecule has 0 fully saturated rings. The second-order valence-electron chi connectivity index (χ2n) is 8.03. The SMILES string of the molecule is CCOP(=O)(OCC)c1c2ccc(F)cc2c(Cc2ccccc2)n1-c1c(C)cccc1C. The highest BCUT2D eigenvalue weighted by atomic mass is 31.2. The van der Waals surface area contributed by atoms with Gasteiger partial charge in [-0.25, -0.2) is 4.39 Å². The minimum Gasteiger partial charge on any atom is -0.305 e. The predicted octanol–water partition coefficient (Wildman–Crippen LogP) is 6.87. The molecule has 4 nitrogen and oxygen atoms in total. The summed E-state index contributed by atoms with van der Waals surface area (Å²) in [6.45, 7) is 8.10. The summed E-state index contributed by atoms with van der Waals surface area (Å²) in [5.41, 5.74) is 5.32. The third-order valence-corrected chi connectivity index (χ3v) is 7.91. The first-order chi connectivity index (χ1) is 15.9. The number of para-hydroxylation sites is 1. The molecule has 0 amide bonds. The molecule has 6 heteroatoms. The van der Waals surface area contributed by atoms with Crippen LogP contribution in [0.25, 0.3) is 16.5 Å². The first-order valence-electron chi connectivity index (χ1n) is 11.2. The molecule has 4 aromatic rings. The highest BCUT2D eigenvalue weighted by molar-refractivity contribution is 7.62. The number of aromatic nitrogens is 1. The standard InChI is InChI=1S/C27H29FNO3P/c1-5-31-33(30,32-6-2)27-23-16-15-22(28)18-24(23)25(17-21-13-8-7-9-14-21)29(27)26-19(3)11-10-12-20(26)4/h7-16,18H,5-6,17H2,1-4H3. The van der Waals surface area contributed by atoms with Crippen LogP contribution >= 0.6 is 7.60 Å². The van der Waals surface area contributed by atoms with E-state index >= 15 is 0 Å². The Morgan fingerprint density at radius 3 is 2.09 bits per heavy atom. The van der Waals surface area contributed by atoms with Gasteiger partial charge in [0.1, 0.15) is 11.3 Å². The molecule has 0 aliphatic heterocycles. The monoisotopic (exact) mass is 465 g/mol. The Balaban J connectivity index is 2.17. The summed E-state index contributed by atoms with van der Waals surface area (Å²) in [6, 6.07) is 20.7. The van der Waals surface area contributed by atoms with Gasteiger partial charge in [-0.2, -0.15) is 0 Å². The molecule has 0 unspecified atom stereocenters. The molecule has 4 rings (SSSR count). The van der Waals surface area contributed by atoms with Crippen LogP contribution in [0.2, 0.25) is 0 Å². The Bertz CT molecular complexity index is 1300. The third-order valence-electron chi connectivity index (χ3n) is 5.75. The van der Waals surface area contributed by atoms with Crippen molar-refractivity contribution in [1.82, 2.24) is 4.57 Å². The minimum atomic E-state index is -3.72. The zero-order chi connectivity index (χ0) is 23.6. The van der Waals surface area contributed by atoms with Crippen molar-refractivity contribution in [2.75, 3.05) is 13.2 Å². The molecular formula is C27H29FNO3P. The lowest BCUT2D eigenvalue weighted by atomic mass is 10.0. The molecule has 0 saturated carbocycles. The molecule has 0 N–H and O–H groups in total. The van der Waals surface area contributed by atoms with E-state index in [1.807, 2.05) is 66.9 Å². The van der Waals surface area contributed by atoms with Crippen LogP contribution in [0.4, 0.5) is 4.39 Å². The van der Waals surface area contributed by atoms with Gasteiger partial charge in [-0.15, -0.1) is 0 Å². The fourth-order valence-corrected chi connectivity index (χ4v) is 6.41. The lowest BCUT2D eigenvalue weighted by Crippen LogP contribution is -2.23. The Kier molecular flexibility index (Phi) is 6.85. The molecule has 0 atom stereocenters. The summed E-state index contributed by atoms with van der Waals surface area (Å²) < 4.78 is 42.4. The van der Waals surface area contributed by atoms with Gasteiger partial charge in [-0.1, -0.05) is 48.5 Å². The van der Waals surface area contributed by atoms with Crippen LogP contribution in [0.3, 0.4) is 0 Å². The summed E-state index contributed by atoms with van der Waals surface area (Å²) in [4.78, 5) is 0. The lowest BCUT2D eigenvalue weighted by Gasteiger charge is -2.23. The quantitative estimate of drug-likeness (QED) is 0.267. The van der Waals surface area contributed by atoms with E-state index in [1.165, 1.54) is 12.1 Å². The van der Waals surface area contributed by atoms with Gasteiger partial charge in [-0.05, 0) is 62.6 Å². The van der Waals surface area contributed by atoms with Crippen LogP contribution in [0.15, 0.2) is 66.7 Å². The zero-order valence-corrected chi connectivity index (χ0v) is 20.4. The fraction of sp³-hybridized carbons (Fsp3) is 0.259. The number of hydrogen-bond acceptors (Lipinski definition) is 3. The Labute approximate surface area is 194 Å². The van der Waals surface area contributed by atoms with Crippen LogP contribution in [0.5, 0.6) is 0 Å². The summed E-state index contributed by atoms with van der Waals surface area (Å²) >= 11 is 0. The van der Waals surface area contributed by atoms with Crippen molar-refractivity contribution in [3.05, 3.63) is 94.9 Å². The van der Waals surface area contributed by atoms with Crippen molar-refractivity contribution >= 4 is 23.8 Å². The van der Waals surface area contributed by atoms with Gasteiger partial charge in [0.15, 0.2) is 0 Å². The van der Waals surface area contributed by atoms with E-state index in [1.54, 1.807) is 19.9 Å². The molecule has 3 aromatic carbocycles. The summed E-state index contributed by atoms with van der Waals surface area (Å²) in [5, 5.41) is 1.38. The van der Waals surface area contributed by atoms with E-state index in [2.05, 4.69) is 0 Å². The molecule has 1 aromatic heterocycles. The molecule has 0 aliphatic carbocycles. The van der Waals surface area contributed by atoms with Gasteiger partial charge in [0.2, 0.25) is 0 Å². The van der Waals surface area contributed by atoms with E-state index in [0.29, 0.717) is 22.6 Å². The third kappa shape index (κ3) is 4.41. The first kappa shape index (κ1) is 23.4. The van der Waals surface area contributed by atoms with E-state index < -0.39 is 7.60 Å². The number of hydrogen-bond donors (Lipinski definition) is 0. The van der Waals surface area contributed by atoms with E-state index in [4.69, 9.17) is 9.05 Å². The van der Waals surface area contributed by atoms with Crippen molar-refractivity contribution in [1.29, 1.82) is 0 Å². The van der Waals surface area contributed by atoms with Gasteiger partial charge >= 0.3 is 7.60 Å². The number of benzene rings is 3. The molecule has 0 spiro atoms. The molecular weight excluding hydrogens is 436 g/mol. The van der Waals surface area contributed by atoms with Crippen LogP contribution < -0.4 is 5.44 Å². The van der Waals surface area contributed by atoms with Crippen LogP contribution in [0, 0.1) is 19.7 Å². The van der Waals surface area contributed by atoms with Crippen molar-refractivity contribution in [2.24, 2.45) is 0 Å². The largest absolute Gasteiger partial charge is 0.378 e. The molecule has 33 heavy (non-hydrogen) atoms. The maximum atomic E-state index is 14.5. The fourth-order valence-electron chi connectivity index (χ4n) is 4.45. The number of fused-ring (bicyclic) bond motifs is 1. The minimum absolute atomic E-state index is 0.228. The van der Waals surface area contributed by atoms with Crippen LogP contribution in [-0.4, -0.2) is 17.8 Å². The topological polar surface area (TPSA) is 40.5 Å². The smallest absolute Gasteiger partial charge is 0.305 e. The Hall–Kier alpha value is -2.72. The summed E-state index contributed by atoms with van der Waals surface area (Å²) in [7, 11) is -3.72. The molecule has 0 aliphatic rings. The summed E-state index contributed by atoms with van der Waals surface area (Å²) in [6.07, 6.45) is 0.535. The molecule has 0 saturated heterocycles. The summed E-state index contributed by atoms with van der Waals surface area (Å²) in [5.74, 6) is -0.343. The number of nitrogens with zero attached hydrogens (tertiary/aromatic N) is 1. The van der Waals surface area contributed by atoms with Gasteiger partial charge in [0.25, 0.3) is 0 Å². The van der Waals surface area contributed by atoms with Gasteiger partial charge in [0, 0.05) is 22.9 Å². The molecule has 1 heterocycles.